The number of nitrogens with one attached hydrogen (secondary N) is 1. The molecule has 0 spiro atoms. The van der Waals surface area contributed by atoms with Gasteiger partial charge >= 0.3 is 0 Å². The van der Waals surface area contributed by atoms with E-state index in [1.165, 1.54) is 11.1 Å². The molecule has 1 aromatic carbocycles. The molecule has 116 valence electrons. The summed E-state index contributed by atoms with van der Waals surface area (Å²) in [4.78, 5) is 12.1. The van der Waals surface area contributed by atoms with Crippen LogP contribution >= 0.6 is 0 Å². The van der Waals surface area contributed by atoms with Gasteiger partial charge in [-0.15, -0.1) is 0 Å². The molecule has 1 aliphatic carbocycles. The Kier molecular flexibility index (Phi) is 4.72. The van der Waals surface area contributed by atoms with Gasteiger partial charge in [-0.25, -0.2) is 0 Å². The van der Waals surface area contributed by atoms with Crippen LogP contribution in [0.1, 0.15) is 57.1 Å². The Hall–Kier alpha value is -1.35. The highest BCUT2D eigenvalue weighted by Gasteiger charge is 2.33. The van der Waals surface area contributed by atoms with Crippen LogP contribution in [-0.4, -0.2) is 23.2 Å². The zero-order chi connectivity index (χ0) is 15.5. The van der Waals surface area contributed by atoms with E-state index in [1.807, 2.05) is 0 Å². The summed E-state index contributed by atoms with van der Waals surface area (Å²) in [5, 5.41) is 13.3. The summed E-state index contributed by atoms with van der Waals surface area (Å²) < 4.78 is 0. The third-order valence-corrected chi connectivity index (χ3v) is 4.58. The Balaban J connectivity index is 1.89. The molecule has 1 amide bonds. The van der Waals surface area contributed by atoms with Gasteiger partial charge < -0.3 is 10.4 Å². The van der Waals surface area contributed by atoms with E-state index in [4.69, 9.17) is 0 Å². The highest BCUT2D eigenvalue weighted by molar-refractivity contribution is 5.77. The van der Waals surface area contributed by atoms with Crippen molar-refractivity contribution in [2.45, 2.75) is 63.9 Å². The Bertz CT molecular complexity index is 484. The number of carbonyl (C=O) groups is 1. The van der Waals surface area contributed by atoms with Crippen LogP contribution in [0.15, 0.2) is 24.3 Å². The first-order valence-electron chi connectivity index (χ1n) is 7.87. The molecule has 0 radical (unpaired) electrons. The maximum atomic E-state index is 12.1. The van der Waals surface area contributed by atoms with Crippen molar-refractivity contribution in [3.05, 3.63) is 35.4 Å². The Labute approximate surface area is 127 Å². The van der Waals surface area contributed by atoms with Crippen molar-refractivity contribution in [1.82, 2.24) is 5.32 Å². The number of hydrogen-bond acceptors (Lipinski definition) is 2. The van der Waals surface area contributed by atoms with Gasteiger partial charge in [0.2, 0.25) is 5.91 Å². The fourth-order valence-corrected chi connectivity index (χ4v) is 3.00. The number of carbonyl (C=O) groups excluding carboxylic acids is 1. The maximum absolute atomic E-state index is 12.1. The molecule has 21 heavy (non-hydrogen) atoms. The van der Waals surface area contributed by atoms with Gasteiger partial charge in [-0.3, -0.25) is 4.79 Å². The molecule has 3 heteroatoms. The first-order chi connectivity index (χ1) is 9.81. The molecule has 0 saturated heterocycles. The van der Waals surface area contributed by atoms with Crippen LogP contribution in [0.5, 0.6) is 0 Å². The molecule has 0 atom stereocenters. The molecular weight excluding hydrogens is 262 g/mol. The quantitative estimate of drug-likeness (QED) is 0.875. The molecule has 0 unspecified atom stereocenters. The normalized spacial score (nSPS) is 17.7. The molecule has 0 bridgehead atoms. The first kappa shape index (κ1) is 16.0. The van der Waals surface area contributed by atoms with Crippen molar-refractivity contribution < 1.29 is 9.90 Å². The minimum absolute atomic E-state index is 0.0420. The smallest absolute Gasteiger partial charge is 0.222 e. The topological polar surface area (TPSA) is 49.3 Å². The second-order valence-corrected chi connectivity index (χ2v) is 7.13. The van der Waals surface area contributed by atoms with E-state index >= 15 is 0 Å². The van der Waals surface area contributed by atoms with E-state index in [2.05, 4.69) is 50.4 Å². The van der Waals surface area contributed by atoms with Crippen LogP contribution in [0.25, 0.3) is 0 Å². The lowest BCUT2D eigenvalue weighted by Gasteiger charge is -2.27. The number of aryl methyl sites for hydroxylation is 1. The summed E-state index contributed by atoms with van der Waals surface area (Å²) in [6.45, 7) is 6.91. The van der Waals surface area contributed by atoms with Gasteiger partial charge in [-0.1, -0.05) is 56.5 Å². The Morgan fingerprint density at radius 3 is 2.38 bits per heavy atom. The monoisotopic (exact) mass is 289 g/mol. The van der Waals surface area contributed by atoms with E-state index in [0.717, 1.165) is 25.7 Å². The van der Waals surface area contributed by atoms with E-state index in [1.54, 1.807) is 0 Å². The fourth-order valence-electron chi connectivity index (χ4n) is 3.00. The number of aliphatic hydroxyl groups is 1. The molecule has 0 heterocycles. The lowest BCUT2D eigenvalue weighted by Crippen LogP contribution is -2.40. The van der Waals surface area contributed by atoms with Crippen molar-refractivity contribution in [3.63, 3.8) is 0 Å². The molecule has 1 aromatic rings. The Morgan fingerprint density at radius 2 is 1.81 bits per heavy atom. The molecule has 2 N–H and O–H groups in total. The summed E-state index contributed by atoms with van der Waals surface area (Å²) in [7, 11) is 0. The van der Waals surface area contributed by atoms with E-state index in [9.17, 15) is 9.90 Å². The second-order valence-electron chi connectivity index (χ2n) is 7.13. The molecule has 2 rings (SSSR count). The van der Waals surface area contributed by atoms with Gasteiger partial charge in [0.1, 0.15) is 0 Å². The van der Waals surface area contributed by atoms with Crippen molar-refractivity contribution in [3.8, 4) is 0 Å². The predicted octanol–water partition coefficient (Wildman–Crippen LogP) is 3.08. The highest BCUT2D eigenvalue weighted by atomic mass is 16.3. The third-order valence-electron chi connectivity index (χ3n) is 4.58. The maximum Gasteiger partial charge on any atom is 0.222 e. The lowest BCUT2D eigenvalue weighted by molar-refractivity contribution is -0.126. The van der Waals surface area contributed by atoms with Crippen LogP contribution < -0.4 is 5.32 Å². The van der Waals surface area contributed by atoms with Crippen LogP contribution in [-0.2, 0) is 10.2 Å². The zero-order valence-corrected chi connectivity index (χ0v) is 13.4. The van der Waals surface area contributed by atoms with Gasteiger partial charge in [0.25, 0.3) is 0 Å². The lowest BCUT2D eigenvalue weighted by atomic mass is 9.84. The van der Waals surface area contributed by atoms with Crippen LogP contribution in [0.4, 0.5) is 0 Å². The first-order valence-corrected chi connectivity index (χ1v) is 7.87. The van der Waals surface area contributed by atoms with E-state index < -0.39 is 5.60 Å². The summed E-state index contributed by atoms with van der Waals surface area (Å²) in [6, 6.07) is 8.43. The number of amides is 1. The minimum atomic E-state index is -0.766. The van der Waals surface area contributed by atoms with Gasteiger partial charge in [-0.2, -0.15) is 0 Å². The molecule has 1 aliphatic rings. The zero-order valence-electron chi connectivity index (χ0n) is 13.4. The van der Waals surface area contributed by atoms with Crippen LogP contribution in [0, 0.1) is 6.92 Å². The average Bonchev–Trinajstić information content (AvgIpc) is 2.83. The van der Waals surface area contributed by atoms with Crippen LogP contribution in [0.3, 0.4) is 0 Å². The average molecular weight is 289 g/mol. The van der Waals surface area contributed by atoms with E-state index in [-0.39, 0.29) is 17.7 Å². The number of hydrogen-bond donors (Lipinski definition) is 2. The summed E-state index contributed by atoms with van der Waals surface area (Å²) in [5.74, 6) is -0.0420. The minimum Gasteiger partial charge on any atom is -0.389 e. The van der Waals surface area contributed by atoms with Gasteiger partial charge in [0.05, 0.1) is 12.0 Å². The number of benzene rings is 1. The summed E-state index contributed by atoms with van der Waals surface area (Å²) >= 11 is 0. The fraction of sp³-hybridized carbons (Fsp3) is 0.611. The van der Waals surface area contributed by atoms with Crippen molar-refractivity contribution in [2.24, 2.45) is 0 Å². The van der Waals surface area contributed by atoms with Gasteiger partial charge in [-0.05, 0) is 25.3 Å². The molecule has 0 aliphatic heterocycles. The largest absolute Gasteiger partial charge is 0.389 e. The standard InChI is InChI=1S/C18H27NO2/c1-14-6-8-15(9-7-14)17(2,3)13-19-16(20)12-18(21)10-4-5-11-18/h6-9,21H,4-5,10-13H2,1-3H3,(H,19,20). The molecular formula is C18H27NO2. The third kappa shape index (κ3) is 4.31. The van der Waals surface area contributed by atoms with Gasteiger partial charge in [0.15, 0.2) is 0 Å². The molecule has 3 nitrogen and oxygen atoms in total. The molecule has 1 fully saturated rings. The second kappa shape index (κ2) is 6.18. The summed E-state index contributed by atoms with van der Waals surface area (Å²) in [5.41, 5.74) is 1.58. The number of rotatable bonds is 5. The molecule has 0 aromatic heterocycles. The van der Waals surface area contributed by atoms with E-state index in [0.29, 0.717) is 6.54 Å². The van der Waals surface area contributed by atoms with Crippen molar-refractivity contribution in [2.75, 3.05) is 6.54 Å². The SMILES string of the molecule is Cc1ccc(C(C)(C)CNC(=O)CC2(O)CCCC2)cc1. The van der Waals surface area contributed by atoms with Crippen molar-refractivity contribution >= 4 is 5.91 Å². The van der Waals surface area contributed by atoms with Crippen LogP contribution in [0.2, 0.25) is 0 Å². The Morgan fingerprint density at radius 1 is 1.24 bits per heavy atom. The molecule has 1 saturated carbocycles. The van der Waals surface area contributed by atoms with Gasteiger partial charge in [0, 0.05) is 12.0 Å². The van der Waals surface area contributed by atoms with Crippen molar-refractivity contribution in [1.29, 1.82) is 0 Å². The predicted molar refractivity (Wildman–Crippen MR) is 85.2 cm³/mol. The summed E-state index contributed by atoms with van der Waals surface area (Å²) in [6.07, 6.45) is 3.79. The highest BCUT2D eigenvalue weighted by Crippen LogP contribution is 2.32.